The Bertz CT molecular complexity index is 478. The number of para-hydroxylation sites is 1. The van der Waals surface area contributed by atoms with Gasteiger partial charge >= 0.3 is 5.97 Å². The van der Waals surface area contributed by atoms with Gasteiger partial charge in [-0.2, -0.15) is 0 Å². The van der Waals surface area contributed by atoms with E-state index >= 15 is 0 Å². The maximum absolute atomic E-state index is 11.2. The normalized spacial score (nSPS) is 11.2. The van der Waals surface area contributed by atoms with Crippen molar-refractivity contribution in [3.63, 3.8) is 0 Å². The molecular weight excluding hydrogens is 387 g/mol. The molecule has 0 bridgehead atoms. The lowest BCUT2D eigenvalue weighted by Gasteiger charge is -2.07. The fourth-order valence-corrected chi connectivity index (χ4v) is 1.99. The Morgan fingerprint density at radius 3 is 2.45 bits per heavy atom. The Labute approximate surface area is 142 Å². The van der Waals surface area contributed by atoms with Crippen LogP contribution in [-0.2, 0) is 9.53 Å². The summed E-state index contributed by atoms with van der Waals surface area (Å²) in [5.74, 6) is -0.345. The van der Waals surface area contributed by atoms with Gasteiger partial charge in [-0.15, -0.1) is 17.0 Å². The molecule has 0 unspecified atom stereocenters. The third kappa shape index (κ3) is 6.35. The maximum atomic E-state index is 11.2. The molecule has 1 rings (SSSR count). The van der Waals surface area contributed by atoms with Gasteiger partial charge in [-0.25, -0.2) is 4.99 Å². The van der Waals surface area contributed by atoms with E-state index in [1.807, 2.05) is 0 Å². The number of halogens is 3. The van der Waals surface area contributed by atoms with Crippen molar-refractivity contribution in [3.05, 3.63) is 28.2 Å². The van der Waals surface area contributed by atoms with Crippen LogP contribution in [0.1, 0.15) is 13.8 Å². The Balaban J connectivity index is 0.00000361. The molecule has 0 aliphatic carbocycles. The number of nitrogens with two attached hydrogens (primary N) is 1. The molecule has 0 amide bonds. The number of carbonyl (C=O) groups is 1. The molecule has 112 valence electrons. The van der Waals surface area contributed by atoms with Gasteiger partial charge in [0, 0.05) is 0 Å². The van der Waals surface area contributed by atoms with Gasteiger partial charge < -0.3 is 10.5 Å². The van der Waals surface area contributed by atoms with Crippen molar-refractivity contribution in [3.8, 4) is 0 Å². The lowest BCUT2D eigenvalue weighted by Crippen LogP contribution is -2.14. The van der Waals surface area contributed by atoms with Crippen LogP contribution < -0.4 is 5.73 Å². The third-order valence-electron chi connectivity index (χ3n) is 2.04. The van der Waals surface area contributed by atoms with Gasteiger partial charge in [-0.3, -0.25) is 4.79 Å². The largest absolute Gasteiger partial charge is 0.454 e. The Morgan fingerprint density at radius 1 is 1.40 bits per heavy atom. The number of benzene rings is 1. The third-order valence-corrected chi connectivity index (χ3v) is 3.27. The average Bonchev–Trinajstić information content (AvgIpc) is 2.33. The minimum atomic E-state index is -0.281. The van der Waals surface area contributed by atoms with Crippen LogP contribution in [0.3, 0.4) is 0 Å². The first-order valence-electron chi connectivity index (χ1n) is 5.49. The number of nitrogens with zero attached hydrogens (tertiary/aromatic N) is 1. The molecule has 0 radical (unpaired) electrons. The summed E-state index contributed by atoms with van der Waals surface area (Å²) in [6, 6.07) is 5.06. The van der Waals surface area contributed by atoms with Gasteiger partial charge in [-0.05, 0) is 23.9 Å². The quantitative estimate of drug-likeness (QED) is 0.351. The van der Waals surface area contributed by atoms with Crippen molar-refractivity contribution in [1.29, 1.82) is 0 Å². The highest BCUT2D eigenvalue weighted by molar-refractivity contribution is 8.93. The SMILES string of the molecule is Br.CC(C)C(=O)OCS/C(N)=N\c1c(Cl)cccc1Cl. The van der Waals surface area contributed by atoms with E-state index in [4.69, 9.17) is 33.7 Å². The highest BCUT2D eigenvalue weighted by Crippen LogP contribution is 2.33. The topological polar surface area (TPSA) is 64.7 Å². The minimum absolute atomic E-state index is 0. The van der Waals surface area contributed by atoms with Gasteiger partial charge in [0.2, 0.25) is 0 Å². The first-order chi connectivity index (χ1) is 8.91. The van der Waals surface area contributed by atoms with Crippen LogP contribution in [0.5, 0.6) is 0 Å². The summed E-state index contributed by atoms with van der Waals surface area (Å²) >= 11 is 13.0. The highest BCUT2D eigenvalue weighted by Gasteiger charge is 2.09. The van der Waals surface area contributed by atoms with Gasteiger partial charge in [0.15, 0.2) is 5.17 Å². The number of hydrogen-bond donors (Lipinski definition) is 1. The van der Waals surface area contributed by atoms with Crippen LogP contribution in [-0.4, -0.2) is 17.1 Å². The van der Waals surface area contributed by atoms with Crippen LogP contribution in [0.2, 0.25) is 10.0 Å². The van der Waals surface area contributed by atoms with Crippen LogP contribution >= 0.6 is 51.9 Å². The van der Waals surface area contributed by atoms with E-state index in [1.54, 1.807) is 32.0 Å². The summed E-state index contributed by atoms with van der Waals surface area (Å²) in [6.07, 6.45) is 0. The Morgan fingerprint density at radius 2 is 1.95 bits per heavy atom. The van der Waals surface area contributed by atoms with Gasteiger partial charge in [0.1, 0.15) is 11.6 Å². The molecule has 0 fully saturated rings. The van der Waals surface area contributed by atoms with Crippen molar-refractivity contribution in [2.75, 3.05) is 5.94 Å². The molecular formula is C12H15BrCl2N2O2S. The Hall–Kier alpha value is -0.430. The number of esters is 1. The molecule has 20 heavy (non-hydrogen) atoms. The van der Waals surface area contributed by atoms with Crippen LogP contribution in [0, 0.1) is 5.92 Å². The van der Waals surface area contributed by atoms with E-state index in [0.29, 0.717) is 15.7 Å². The molecule has 0 saturated carbocycles. The number of ether oxygens (including phenoxy) is 1. The fraction of sp³-hybridized carbons (Fsp3) is 0.333. The molecule has 0 aliphatic heterocycles. The molecule has 0 aliphatic rings. The minimum Gasteiger partial charge on any atom is -0.454 e. The molecule has 0 saturated heterocycles. The first-order valence-corrected chi connectivity index (χ1v) is 7.23. The van der Waals surface area contributed by atoms with E-state index in [-0.39, 0.29) is 40.0 Å². The summed E-state index contributed by atoms with van der Waals surface area (Å²) in [5, 5.41) is 1.05. The molecule has 0 heterocycles. The second kappa shape index (κ2) is 9.50. The standard InChI is InChI=1S/C12H14Cl2N2O2S.BrH/c1-7(2)11(17)18-6-19-12(15)16-10-8(13)4-3-5-9(10)14;/h3-5,7H,6H2,1-2H3,(H2,15,16);1H. The monoisotopic (exact) mass is 400 g/mol. The molecule has 2 N–H and O–H groups in total. The van der Waals surface area contributed by atoms with E-state index < -0.39 is 0 Å². The second-order valence-corrected chi connectivity index (χ2v) is 5.66. The van der Waals surface area contributed by atoms with Crippen LogP contribution in [0.4, 0.5) is 5.69 Å². The lowest BCUT2D eigenvalue weighted by molar-refractivity contribution is -0.144. The van der Waals surface area contributed by atoms with Gasteiger partial charge in [-0.1, -0.05) is 43.1 Å². The van der Waals surface area contributed by atoms with Crippen molar-refractivity contribution in [1.82, 2.24) is 0 Å². The zero-order valence-electron chi connectivity index (χ0n) is 10.9. The molecule has 1 aromatic carbocycles. The molecule has 8 heteroatoms. The van der Waals surface area contributed by atoms with Crippen LogP contribution in [0.15, 0.2) is 23.2 Å². The number of aliphatic imine (C=N–C) groups is 1. The molecule has 0 aromatic heterocycles. The van der Waals surface area contributed by atoms with Crippen molar-refractivity contribution in [2.24, 2.45) is 16.6 Å². The van der Waals surface area contributed by atoms with E-state index in [0.717, 1.165) is 11.8 Å². The number of thioether (sulfide) groups is 1. The fourth-order valence-electron chi connectivity index (χ4n) is 1.05. The summed E-state index contributed by atoms with van der Waals surface area (Å²) < 4.78 is 4.97. The summed E-state index contributed by atoms with van der Waals surface area (Å²) in [6.45, 7) is 3.52. The van der Waals surface area contributed by atoms with Crippen LogP contribution in [0.25, 0.3) is 0 Å². The second-order valence-electron chi connectivity index (χ2n) is 3.90. The smallest absolute Gasteiger partial charge is 0.309 e. The predicted octanol–water partition coefficient (Wildman–Crippen LogP) is 4.41. The van der Waals surface area contributed by atoms with E-state index in [1.165, 1.54) is 0 Å². The molecule has 4 nitrogen and oxygen atoms in total. The highest BCUT2D eigenvalue weighted by atomic mass is 79.9. The van der Waals surface area contributed by atoms with E-state index in [2.05, 4.69) is 4.99 Å². The number of rotatable bonds is 4. The lowest BCUT2D eigenvalue weighted by atomic mass is 10.2. The molecule has 0 spiro atoms. The zero-order chi connectivity index (χ0) is 14.4. The summed E-state index contributed by atoms with van der Waals surface area (Å²) in [4.78, 5) is 15.3. The summed E-state index contributed by atoms with van der Waals surface area (Å²) in [7, 11) is 0. The van der Waals surface area contributed by atoms with Gasteiger partial charge in [0.05, 0.1) is 16.0 Å². The average molecular weight is 402 g/mol. The Kier molecular flexibility index (Phi) is 9.29. The first kappa shape index (κ1) is 19.6. The van der Waals surface area contributed by atoms with E-state index in [9.17, 15) is 4.79 Å². The van der Waals surface area contributed by atoms with Crippen molar-refractivity contribution >= 4 is 68.8 Å². The van der Waals surface area contributed by atoms with Gasteiger partial charge in [0.25, 0.3) is 0 Å². The van der Waals surface area contributed by atoms with Crippen molar-refractivity contribution < 1.29 is 9.53 Å². The zero-order valence-corrected chi connectivity index (χ0v) is 15.0. The predicted molar refractivity (Wildman–Crippen MR) is 91.5 cm³/mol. The maximum Gasteiger partial charge on any atom is 0.309 e. The molecule has 1 aromatic rings. The number of hydrogen-bond acceptors (Lipinski definition) is 4. The summed E-state index contributed by atoms with van der Waals surface area (Å²) in [5.41, 5.74) is 6.12. The number of amidine groups is 1. The number of carbonyl (C=O) groups excluding carboxylic acids is 1. The molecule has 0 atom stereocenters. The van der Waals surface area contributed by atoms with Crippen molar-refractivity contribution in [2.45, 2.75) is 13.8 Å².